The normalized spacial score (nSPS) is 16.1. The molecule has 2 aromatic carbocycles. The molecule has 7 heteroatoms. The smallest absolute Gasteiger partial charge is 0.277 e. The number of amides is 1. The fraction of sp³-hybridized carbons (Fsp3) is 0.296. The van der Waals surface area contributed by atoms with Crippen molar-refractivity contribution in [3.05, 3.63) is 87.0 Å². The lowest BCUT2D eigenvalue weighted by Gasteiger charge is -2.34. The van der Waals surface area contributed by atoms with E-state index in [0.717, 1.165) is 36.2 Å². The summed E-state index contributed by atoms with van der Waals surface area (Å²) in [7, 11) is 0. The van der Waals surface area contributed by atoms with Crippen LogP contribution in [0, 0.1) is 19.8 Å². The van der Waals surface area contributed by atoms with Crippen molar-refractivity contribution in [3.63, 3.8) is 0 Å². The van der Waals surface area contributed by atoms with Gasteiger partial charge in [0.25, 0.3) is 5.56 Å². The van der Waals surface area contributed by atoms with Crippen molar-refractivity contribution in [3.8, 4) is 5.69 Å². The number of fused-ring (bicyclic) bond motifs is 1. The Morgan fingerprint density at radius 3 is 2.50 bits per heavy atom. The number of rotatable bonds is 5. The third-order valence-corrected chi connectivity index (χ3v) is 7.31. The van der Waals surface area contributed by atoms with Crippen molar-refractivity contribution in [2.24, 2.45) is 5.92 Å². The van der Waals surface area contributed by atoms with Crippen LogP contribution in [0.25, 0.3) is 15.9 Å². The molecule has 5 rings (SSSR count). The summed E-state index contributed by atoms with van der Waals surface area (Å²) in [4.78, 5) is 33.5. The van der Waals surface area contributed by atoms with Gasteiger partial charge in [-0.25, -0.2) is 9.55 Å². The third-order valence-electron chi connectivity index (χ3n) is 6.42. The van der Waals surface area contributed by atoms with Gasteiger partial charge in [0, 0.05) is 19.6 Å². The minimum Gasteiger partial charge on any atom is -0.352 e. The highest BCUT2D eigenvalue weighted by Crippen LogP contribution is 2.26. The van der Waals surface area contributed by atoms with Gasteiger partial charge < -0.3 is 10.2 Å². The Morgan fingerprint density at radius 2 is 1.76 bits per heavy atom. The molecule has 0 spiro atoms. The van der Waals surface area contributed by atoms with E-state index in [4.69, 9.17) is 4.98 Å². The average Bonchev–Trinajstić information content (AvgIpc) is 3.33. The summed E-state index contributed by atoms with van der Waals surface area (Å²) in [6.45, 7) is 5.89. The molecule has 1 aliphatic rings. The number of piperidine rings is 1. The highest BCUT2D eigenvalue weighted by molar-refractivity contribution is 7.17. The number of aryl methyl sites for hydroxylation is 2. The van der Waals surface area contributed by atoms with Gasteiger partial charge in [-0.1, -0.05) is 47.5 Å². The summed E-state index contributed by atoms with van der Waals surface area (Å²) < 4.78 is 2.35. The van der Waals surface area contributed by atoms with Crippen LogP contribution in [0.5, 0.6) is 0 Å². The van der Waals surface area contributed by atoms with Crippen LogP contribution in [-0.2, 0) is 11.3 Å². The van der Waals surface area contributed by atoms with Crippen LogP contribution in [0.2, 0.25) is 0 Å². The maximum atomic E-state index is 13.5. The summed E-state index contributed by atoms with van der Waals surface area (Å²) in [5, 5.41) is 5.00. The van der Waals surface area contributed by atoms with Crippen molar-refractivity contribution in [1.29, 1.82) is 0 Å². The minimum atomic E-state index is -0.152. The quantitative estimate of drug-likeness (QED) is 0.461. The molecule has 1 amide bonds. The molecule has 0 bridgehead atoms. The summed E-state index contributed by atoms with van der Waals surface area (Å²) in [6.07, 6.45) is 1.69. The largest absolute Gasteiger partial charge is 0.352 e. The molecule has 0 unspecified atom stereocenters. The van der Waals surface area contributed by atoms with Gasteiger partial charge in [-0.05, 0) is 55.8 Å². The number of carbonyl (C=O) groups is 1. The number of hydrogen-bond acceptors (Lipinski definition) is 5. The number of nitrogens with zero attached hydrogens (tertiary/aromatic N) is 3. The summed E-state index contributed by atoms with van der Waals surface area (Å²) >= 11 is 1.41. The number of anilines is 1. The van der Waals surface area contributed by atoms with E-state index in [0.29, 0.717) is 29.3 Å². The molecule has 2 aromatic heterocycles. The first kappa shape index (κ1) is 22.3. The molecule has 1 atom stereocenters. The molecule has 174 valence electrons. The molecule has 4 aromatic rings. The topological polar surface area (TPSA) is 67.2 Å². The summed E-state index contributed by atoms with van der Waals surface area (Å²) in [6, 6.07) is 18.0. The van der Waals surface area contributed by atoms with Crippen LogP contribution in [-0.4, -0.2) is 28.5 Å². The number of hydrogen-bond donors (Lipinski definition) is 1. The molecule has 3 heterocycles. The first-order valence-corrected chi connectivity index (χ1v) is 12.5. The van der Waals surface area contributed by atoms with Gasteiger partial charge in [0.05, 0.1) is 17.1 Å². The second kappa shape index (κ2) is 9.43. The lowest BCUT2D eigenvalue weighted by atomic mass is 9.97. The fourth-order valence-electron chi connectivity index (χ4n) is 4.45. The molecule has 1 N–H and O–H groups in total. The second-order valence-corrected chi connectivity index (χ2v) is 9.93. The minimum absolute atomic E-state index is 0.0473. The van der Waals surface area contributed by atoms with Crippen LogP contribution in [0.1, 0.15) is 29.5 Å². The molecule has 34 heavy (non-hydrogen) atoms. The molecule has 0 radical (unpaired) electrons. The first-order valence-electron chi connectivity index (χ1n) is 11.6. The zero-order valence-electron chi connectivity index (χ0n) is 19.5. The van der Waals surface area contributed by atoms with Crippen molar-refractivity contribution >= 4 is 33.4 Å². The zero-order chi connectivity index (χ0) is 23.7. The monoisotopic (exact) mass is 472 g/mol. The molecular formula is C27H28N4O2S. The second-order valence-electron chi connectivity index (χ2n) is 9.01. The van der Waals surface area contributed by atoms with Crippen LogP contribution in [0.4, 0.5) is 5.95 Å². The maximum absolute atomic E-state index is 13.5. The summed E-state index contributed by atoms with van der Waals surface area (Å²) in [5.41, 5.74) is 4.85. The van der Waals surface area contributed by atoms with Gasteiger partial charge in [0.1, 0.15) is 4.70 Å². The van der Waals surface area contributed by atoms with E-state index in [2.05, 4.69) is 29.3 Å². The number of carbonyl (C=O) groups excluding carboxylic acids is 1. The lowest BCUT2D eigenvalue weighted by Crippen LogP contribution is -2.45. The molecule has 1 aliphatic heterocycles. The molecule has 1 fully saturated rings. The SMILES string of the molecule is Cc1ccc(CNC(=O)[C@H]2CCCN(c3nc4ccsc4c(=O)n3-c3ccc(C)cc3)C2)cc1. The van der Waals surface area contributed by atoms with Gasteiger partial charge in [-0.2, -0.15) is 0 Å². The molecule has 0 aliphatic carbocycles. The van der Waals surface area contributed by atoms with E-state index in [1.165, 1.54) is 16.9 Å². The van der Waals surface area contributed by atoms with Crippen molar-refractivity contribution < 1.29 is 4.79 Å². The van der Waals surface area contributed by atoms with E-state index < -0.39 is 0 Å². The van der Waals surface area contributed by atoms with Crippen molar-refractivity contribution in [2.75, 3.05) is 18.0 Å². The van der Waals surface area contributed by atoms with E-state index in [9.17, 15) is 9.59 Å². The number of aromatic nitrogens is 2. The van der Waals surface area contributed by atoms with E-state index in [1.54, 1.807) is 4.57 Å². The Balaban J connectivity index is 1.42. The standard InChI is InChI=1S/C27H28N4O2S/c1-18-5-9-20(10-6-18)16-28-25(32)21-4-3-14-30(17-21)27-29-23-13-15-34-24(23)26(33)31(27)22-11-7-19(2)8-12-22/h5-13,15,21H,3-4,14,16-17H2,1-2H3,(H,28,32)/t21-/m0/s1. The van der Waals surface area contributed by atoms with Crippen LogP contribution >= 0.6 is 11.3 Å². The number of thiophene rings is 1. The number of benzene rings is 2. The Labute approximate surface area is 202 Å². The Kier molecular flexibility index (Phi) is 6.20. The summed E-state index contributed by atoms with van der Waals surface area (Å²) in [5.74, 6) is 0.502. The van der Waals surface area contributed by atoms with Crippen molar-refractivity contribution in [2.45, 2.75) is 33.2 Å². The van der Waals surface area contributed by atoms with Crippen LogP contribution in [0.15, 0.2) is 64.8 Å². The molecular weight excluding hydrogens is 444 g/mol. The van der Waals surface area contributed by atoms with E-state index in [-0.39, 0.29) is 17.4 Å². The van der Waals surface area contributed by atoms with E-state index >= 15 is 0 Å². The Morgan fingerprint density at radius 1 is 1.06 bits per heavy atom. The Bertz CT molecular complexity index is 1370. The van der Waals surface area contributed by atoms with Gasteiger partial charge in [0.15, 0.2) is 0 Å². The highest BCUT2D eigenvalue weighted by Gasteiger charge is 2.29. The first-order chi connectivity index (χ1) is 16.5. The molecule has 1 saturated heterocycles. The predicted octanol–water partition coefficient (Wildman–Crippen LogP) is 4.60. The maximum Gasteiger partial charge on any atom is 0.277 e. The van der Waals surface area contributed by atoms with Crippen LogP contribution in [0.3, 0.4) is 0 Å². The fourth-order valence-corrected chi connectivity index (χ4v) is 5.21. The number of nitrogens with one attached hydrogen (secondary N) is 1. The van der Waals surface area contributed by atoms with Crippen molar-refractivity contribution in [1.82, 2.24) is 14.9 Å². The average molecular weight is 473 g/mol. The van der Waals surface area contributed by atoms with E-state index in [1.807, 2.05) is 54.8 Å². The van der Waals surface area contributed by atoms with Gasteiger partial charge in [-0.15, -0.1) is 11.3 Å². The Hall–Kier alpha value is -3.45. The molecule has 6 nitrogen and oxygen atoms in total. The zero-order valence-corrected chi connectivity index (χ0v) is 20.3. The highest BCUT2D eigenvalue weighted by atomic mass is 32.1. The third kappa shape index (κ3) is 4.48. The predicted molar refractivity (Wildman–Crippen MR) is 138 cm³/mol. The molecule has 0 saturated carbocycles. The van der Waals surface area contributed by atoms with Gasteiger partial charge in [0.2, 0.25) is 11.9 Å². The lowest BCUT2D eigenvalue weighted by molar-refractivity contribution is -0.125. The van der Waals surface area contributed by atoms with Gasteiger partial charge in [-0.3, -0.25) is 9.59 Å². The van der Waals surface area contributed by atoms with Gasteiger partial charge >= 0.3 is 0 Å². The van der Waals surface area contributed by atoms with Crippen LogP contribution < -0.4 is 15.8 Å².